The molecule has 0 atom stereocenters. The van der Waals surface area contributed by atoms with Crippen LogP contribution in [-0.2, 0) is 10.0 Å². The zero-order valence-electron chi connectivity index (χ0n) is 15.5. The maximum atomic E-state index is 13.2. The van der Waals surface area contributed by atoms with Crippen LogP contribution >= 0.6 is 11.3 Å². The molecule has 4 rings (SSSR count). The molecule has 148 valence electrons. The summed E-state index contributed by atoms with van der Waals surface area (Å²) in [6.07, 6.45) is 3.25. The van der Waals surface area contributed by atoms with E-state index in [2.05, 4.69) is 15.1 Å². The van der Waals surface area contributed by atoms with E-state index >= 15 is 0 Å². The number of anilines is 1. The van der Waals surface area contributed by atoms with Crippen molar-refractivity contribution in [2.24, 2.45) is 0 Å². The van der Waals surface area contributed by atoms with E-state index in [4.69, 9.17) is 9.26 Å². The molecule has 0 fully saturated rings. The number of hydrogen-bond donors (Lipinski definition) is 0. The van der Waals surface area contributed by atoms with E-state index in [1.165, 1.54) is 28.8 Å². The molecule has 0 unspecified atom stereocenters. The zero-order chi connectivity index (χ0) is 20.4. The highest BCUT2D eigenvalue weighted by Crippen LogP contribution is 2.35. The van der Waals surface area contributed by atoms with E-state index in [-0.39, 0.29) is 10.8 Å². The lowest BCUT2D eigenvalue weighted by Crippen LogP contribution is -2.26. The number of aromatic nitrogens is 3. The Kier molecular flexibility index (Phi) is 5.03. The van der Waals surface area contributed by atoms with Crippen molar-refractivity contribution in [1.82, 2.24) is 15.1 Å². The van der Waals surface area contributed by atoms with Crippen LogP contribution < -0.4 is 9.04 Å². The van der Waals surface area contributed by atoms with E-state index in [0.717, 1.165) is 0 Å². The molecule has 0 N–H and O–H groups in total. The van der Waals surface area contributed by atoms with Crippen molar-refractivity contribution in [3.63, 3.8) is 0 Å². The van der Waals surface area contributed by atoms with Crippen LogP contribution in [0.2, 0.25) is 0 Å². The summed E-state index contributed by atoms with van der Waals surface area (Å²) in [5.41, 5.74) is 1.18. The molecule has 3 heterocycles. The third-order valence-corrected chi connectivity index (χ3v) is 7.10. The molecule has 4 aromatic rings. The minimum atomic E-state index is -3.84. The lowest BCUT2D eigenvalue weighted by Gasteiger charge is -2.19. The van der Waals surface area contributed by atoms with Gasteiger partial charge in [0.15, 0.2) is 0 Å². The highest BCUT2D eigenvalue weighted by Gasteiger charge is 2.28. The molecule has 0 amide bonds. The summed E-state index contributed by atoms with van der Waals surface area (Å²) in [4.78, 5) is 8.86. The normalized spacial score (nSPS) is 11.4. The number of rotatable bonds is 6. The average Bonchev–Trinajstić information content (AvgIpc) is 3.43. The first-order valence-electron chi connectivity index (χ1n) is 8.45. The van der Waals surface area contributed by atoms with Gasteiger partial charge in [-0.25, -0.2) is 8.42 Å². The molecule has 29 heavy (non-hydrogen) atoms. The smallest absolute Gasteiger partial charge is 0.269 e. The molecule has 0 radical (unpaired) electrons. The predicted octanol–water partition coefficient (Wildman–Crippen LogP) is 3.69. The fourth-order valence-electron chi connectivity index (χ4n) is 2.66. The first-order valence-corrected chi connectivity index (χ1v) is 10.8. The SMILES string of the molecule is COc1ccc(N(C)S(=O)(=O)c2ccsc2-c2nc(-c3cccnc3)no2)cc1. The fourth-order valence-corrected chi connectivity index (χ4v) is 5.17. The van der Waals surface area contributed by atoms with Crippen LogP contribution in [0.3, 0.4) is 0 Å². The Morgan fingerprint density at radius 2 is 1.93 bits per heavy atom. The van der Waals surface area contributed by atoms with Gasteiger partial charge >= 0.3 is 0 Å². The van der Waals surface area contributed by atoms with Crippen LogP contribution in [0, 0.1) is 0 Å². The molecular weight excluding hydrogens is 412 g/mol. The molecule has 0 spiro atoms. The highest BCUT2D eigenvalue weighted by molar-refractivity contribution is 7.93. The predicted molar refractivity (Wildman–Crippen MR) is 109 cm³/mol. The first kappa shape index (κ1) is 19.1. The largest absolute Gasteiger partial charge is 0.497 e. The van der Waals surface area contributed by atoms with Crippen LogP contribution in [0.1, 0.15) is 0 Å². The Morgan fingerprint density at radius 1 is 1.14 bits per heavy atom. The number of sulfonamides is 1. The van der Waals surface area contributed by atoms with Crippen LogP contribution in [0.4, 0.5) is 5.69 Å². The summed E-state index contributed by atoms with van der Waals surface area (Å²) >= 11 is 1.22. The molecule has 0 saturated heterocycles. The van der Waals surface area contributed by atoms with E-state index in [1.54, 1.807) is 61.3 Å². The summed E-state index contributed by atoms with van der Waals surface area (Å²) in [6, 6.07) is 11.8. The van der Waals surface area contributed by atoms with Crippen molar-refractivity contribution in [3.8, 4) is 27.9 Å². The second-order valence-corrected chi connectivity index (χ2v) is 8.80. The Morgan fingerprint density at radius 3 is 2.62 bits per heavy atom. The second-order valence-electron chi connectivity index (χ2n) is 5.95. The van der Waals surface area contributed by atoms with Crippen molar-refractivity contribution in [3.05, 3.63) is 60.2 Å². The maximum absolute atomic E-state index is 13.2. The number of methoxy groups -OCH3 is 1. The van der Waals surface area contributed by atoms with Crippen molar-refractivity contribution < 1.29 is 17.7 Å². The third-order valence-electron chi connectivity index (χ3n) is 4.24. The molecule has 0 bridgehead atoms. The molecule has 10 heteroatoms. The molecule has 3 aromatic heterocycles. The van der Waals surface area contributed by atoms with Crippen molar-refractivity contribution in [2.75, 3.05) is 18.5 Å². The molecular formula is C19H16N4O4S2. The minimum absolute atomic E-state index is 0.0993. The van der Waals surface area contributed by atoms with Gasteiger partial charge in [0.25, 0.3) is 15.9 Å². The van der Waals surface area contributed by atoms with Crippen LogP contribution in [0.5, 0.6) is 5.75 Å². The minimum Gasteiger partial charge on any atom is -0.497 e. The van der Waals surface area contributed by atoms with Gasteiger partial charge in [0, 0.05) is 25.0 Å². The van der Waals surface area contributed by atoms with Gasteiger partial charge in [-0.2, -0.15) is 4.98 Å². The van der Waals surface area contributed by atoms with Gasteiger partial charge in [-0.3, -0.25) is 9.29 Å². The van der Waals surface area contributed by atoms with Gasteiger partial charge in [0.05, 0.1) is 12.8 Å². The van der Waals surface area contributed by atoms with Gasteiger partial charge in [-0.1, -0.05) is 5.16 Å². The van der Waals surface area contributed by atoms with Gasteiger partial charge in [-0.15, -0.1) is 11.3 Å². The van der Waals surface area contributed by atoms with Crippen molar-refractivity contribution in [2.45, 2.75) is 4.90 Å². The average molecular weight is 428 g/mol. The van der Waals surface area contributed by atoms with Gasteiger partial charge in [0.2, 0.25) is 5.82 Å². The van der Waals surface area contributed by atoms with Crippen molar-refractivity contribution in [1.29, 1.82) is 0 Å². The number of benzene rings is 1. The molecule has 0 aliphatic carbocycles. The van der Waals surface area contributed by atoms with Crippen LogP contribution in [0.25, 0.3) is 22.2 Å². The maximum Gasteiger partial charge on any atom is 0.269 e. The summed E-state index contributed by atoms with van der Waals surface area (Å²) in [5, 5.41) is 5.62. The molecule has 0 aliphatic heterocycles. The third kappa shape index (κ3) is 3.59. The van der Waals surface area contributed by atoms with E-state index in [9.17, 15) is 8.42 Å². The topological polar surface area (TPSA) is 98.4 Å². The molecule has 8 nitrogen and oxygen atoms in total. The number of nitrogens with zero attached hydrogens (tertiary/aromatic N) is 4. The number of hydrogen-bond acceptors (Lipinski definition) is 8. The Bertz CT molecular complexity index is 1220. The number of thiophene rings is 1. The molecule has 0 saturated carbocycles. The monoisotopic (exact) mass is 428 g/mol. The Hall–Kier alpha value is -3.24. The number of pyridine rings is 1. The van der Waals surface area contributed by atoms with Crippen LogP contribution in [-0.4, -0.2) is 37.7 Å². The second kappa shape index (κ2) is 7.64. The zero-order valence-corrected chi connectivity index (χ0v) is 17.1. The van der Waals surface area contributed by atoms with Crippen molar-refractivity contribution >= 4 is 27.0 Å². The van der Waals surface area contributed by atoms with E-state index in [0.29, 0.717) is 27.7 Å². The van der Waals surface area contributed by atoms with Crippen LogP contribution in [0.15, 0.2) is 69.7 Å². The molecule has 0 aliphatic rings. The Balaban J connectivity index is 1.69. The summed E-state index contributed by atoms with van der Waals surface area (Å²) in [6.45, 7) is 0. The number of ether oxygens (including phenoxy) is 1. The summed E-state index contributed by atoms with van der Waals surface area (Å²) in [5.74, 6) is 1.12. The fraction of sp³-hybridized carbons (Fsp3) is 0.105. The van der Waals surface area contributed by atoms with Gasteiger partial charge in [0.1, 0.15) is 15.5 Å². The standard InChI is InChI=1S/C19H16N4O4S2/c1-23(14-5-7-15(26-2)8-6-14)29(24,25)16-9-11-28-17(16)19-21-18(22-27-19)13-4-3-10-20-12-13/h3-12H,1-2H3. The molecule has 1 aromatic carbocycles. The lowest BCUT2D eigenvalue weighted by molar-refractivity contribution is 0.415. The van der Waals surface area contributed by atoms with Gasteiger partial charge in [-0.05, 0) is 47.8 Å². The highest BCUT2D eigenvalue weighted by atomic mass is 32.2. The summed E-state index contributed by atoms with van der Waals surface area (Å²) < 4.78 is 38.1. The lowest BCUT2D eigenvalue weighted by atomic mass is 10.3. The quantitative estimate of drug-likeness (QED) is 0.462. The Labute approximate surface area is 171 Å². The van der Waals surface area contributed by atoms with E-state index in [1.807, 2.05) is 0 Å². The van der Waals surface area contributed by atoms with E-state index < -0.39 is 10.0 Å². The summed E-state index contributed by atoms with van der Waals surface area (Å²) in [7, 11) is -0.793. The van der Waals surface area contributed by atoms with Gasteiger partial charge < -0.3 is 9.26 Å². The first-order chi connectivity index (χ1) is 14.0.